The fraction of sp³-hybridized carbons (Fsp3) is 1.00. The zero-order chi connectivity index (χ0) is 8.39. The number of rotatable bonds is 1. The molecular formula is C11H23N. The first kappa shape index (κ1) is 8.55. The van der Waals surface area contributed by atoms with E-state index in [-0.39, 0.29) is 1.43 Å². The van der Waals surface area contributed by atoms with Crippen LogP contribution in [0.1, 0.15) is 40.5 Å². The Morgan fingerprint density at radius 2 is 1.92 bits per heavy atom. The van der Waals surface area contributed by atoms with Crippen molar-refractivity contribution in [1.82, 2.24) is 4.90 Å². The summed E-state index contributed by atoms with van der Waals surface area (Å²) in [6.07, 6.45) is 7.54. The highest BCUT2D eigenvalue weighted by molar-refractivity contribution is 4.82. The summed E-state index contributed by atoms with van der Waals surface area (Å²) in [4.78, 5) is 2.63. The van der Waals surface area contributed by atoms with E-state index in [4.69, 9.17) is 0 Å². The topological polar surface area (TPSA) is 3.24 Å². The second kappa shape index (κ2) is 3.78. The quantitative estimate of drug-likeness (QED) is 0.583. The van der Waals surface area contributed by atoms with Gasteiger partial charge in [0.1, 0.15) is 0 Å². The summed E-state index contributed by atoms with van der Waals surface area (Å²) >= 11 is 0. The fourth-order valence-electron chi connectivity index (χ4n) is 2.96. The largest absolute Gasteiger partial charge is 0.303 e. The third-order valence-corrected chi connectivity index (χ3v) is 3.82. The lowest BCUT2D eigenvalue weighted by molar-refractivity contribution is 0.0908. The summed E-state index contributed by atoms with van der Waals surface area (Å²) in [6, 6.07) is 0. The van der Waals surface area contributed by atoms with Crippen LogP contribution in [0.4, 0.5) is 0 Å². The van der Waals surface area contributed by atoms with Gasteiger partial charge in [-0.15, -0.1) is 0 Å². The Morgan fingerprint density at radius 1 is 1.17 bits per heavy atom. The predicted molar refractivity (Wildman–Crippen MR) is 54.3 cm³/mol. The molecule has 0 amide bonds. The van der Waals surface area contributed by atoms with Crippen molar-refractivity contribution in [3.8, 4) is 0 Å². The van der Waals surface area contributed by atoms with Crippen LogP contribution < -0.4 is 0 Å². The summed E-state index contributed by atoms with van der Waals surface area (Å²) in [6.45, 7) is 6.34. The highest BCUT2D eigenvalue weighted by atomic mass is 15.1. The Morgan fingerprint density at radius 3 is 2.67 bits per heavy atom. The molecular weight excluding hydrogens is 146 g/mol. The molecule has 1 nitrogen and oxygen atoms in total. The predicted octanol–water partition coefficient (Wildman–Crippen LogP) is 2.76. The van der Waals surface area contributed by atoms with Gasteiger partial charge in [0.15, 0.2) is 0 Å². The van der Waals surface area contributed by atoms with E-state index < -0.39 is 0 Å². The molecule has 2 aliphatic rings. The van der Waals surface area contributed by atoms with Gasteiger partial charge in [0.05, 0.1) is 0 Å². The molecule has 2 fully saturated rings. The maximum absolute atomic E-state index is 2.63. The van der Waals surface area contributed by atoms with Gasteiger partial charge in [-0.3, -0.25) is 0 Å². The fourth-order valence-corrected chi connectivity index (χ4v) is 2.96. The Balaban J connectivity index is 0.000000845. The van der Waals surface area contributed by atoms with Gasteiger partial charge < -0.3 is 4.90 Å². The third-order valence-electron chi connectivity index (χ3n) is 3.82. The molecule has 1 aliphatic carbocycles. The summed E-state index contributed by atoms with van der Waals surface area (Å²) in [5, 5.41) is 0. The maximum atomic E-state index is 2.63. The molecule has 0 bridgehead atoms. The molecule has 0 aromatic rings. The number of hydrogen-bond donors (Lipinski definition) is 0. The van der Waals surface area contributed by atoms with E-state index in [0.29, 0.717) is 0 Å². The minimum atomic E-state index is 0. The summed E-state index contributed by atoms with van der Waals surface area (Å²) in [5.41, 5.74) is 0. The van der Waals surface area contributed by atoms with Crippen LogP contribution >= 0.6 is 0 Å². The molecule has 1 unspecified atom stereocenters. The van der Waals surface area contributed by atoms with Crippen LogP contribution in [0.3, 0.4) is 0 Å². The molecule has 0 radical (unpaired) electrons. The smallest absolute Gasteiger partial charge is 0.00122 e. The molecule has 1 aliphatic heterocycles. The second-order valence-corrected chi connectivity index (χ2v) is 4.49. The van der Waals surface area contributed by atoms with E-state index in [1.165, 1.54) is 51.7 Å². The molecule has 1 heterocycles. The zero-order valence-electron chi connectivity index (χ0n) is 8.26. The van der Waals surface area contributed by atoms with Crippen molar-refractivity contribution in [2.24, 2.45) is 11.8 Å². The first-order chi connectivity index (χ1) is 5.90. The van der Waals surface area contributed by atoms with Gasteiger partial charge in [0.2, 0.25) is 0 Å². The lowest BCUT2D eigenvalue weighted by atomic mass is 9.75. The molecule has 0 spiro atoms. The van der Waals surface area contributed by atoms with Crippen molar-refractivity contribution >= 4 is 0 Å². The average Bonchev–Trinajstić information content (AvgIpc) is 2.17. The van der Waals surface area contributed by atoms with E-state index in [9.17, 15) is 0 Å². The molecule has 1 saturated heterocycles. The Kier molecular flexibility index (Phi) is 2.69. The van der Waals surface area contributed by atoms with Gasteiger partial charge in [0, 0.05) is 7.97 Å². The van der Waals surface area contributed by atoms with Crippen molar-refractivity contribution in [2.45, 2.75) is 39.0 Å². The van der Waals surface area contributed by atoms with Crippen LogP contribution in [-0.4, -0.2) is 24.5 Å². The Labute approximate surface area is 77.6 Å². The Bertz CT molecular complexity index is 149. The van der Waals surface area contributed by atoms with Crippen molar-refractivity contribution in [3.63, 3.8) is 0 Å². The molecule has 72 valence electrons. The molecule has 1 heteroatoms. The molecule has 0 aromatic heterocycles. The van der Waals surface area contributed by atoms with Crippen LogP contribution in [0.5, 0.6) is 0 Å². The molecule has 12 heavy (non-hydrogen) atoms. The maximum Gasteiger partial charge on any atom is 0.00122 e. The first-order valence-electron chi connectivity index (χ1n) is 5.62. The first-order valence-corrected chi connectivity index (χ1v) is 5.62. The van der Waals surface area contributed by atoms with E-state index in [2.05, 4.69) is 11.8 Å². The van der Waals surface area contributed by atoms with E-state index in [1.54, 1.807) is 0 Å². The highest BCUT2D eigenvalue weighted by Crippen LogP contribution is 2.35. The highest BCUT2D eigenvalue weighted by Gasteiger charge is 2.30. The zero-order valence-corrected chi connectivity index (χ0v) is 8.26. The van der Waals surface area contributed by atoms with Crippen LogP contribution in [0, 0.1) is 11.8 Å². The van der Waals surface area contributed by atoms with Crippen LogP contribution in [0.15, 0.2) is 0 Å². The number of fused-ring (bicyclic) bond motifs is 1. The van der Waals surface area contributed by atoms with Gasteiger partial charge in [-0.1, -0.05) is 26.2 Å². The van der Waals surface area contributed by atoms with Crippen LogP contribution in [0.2, 0.25) is 0 Å². The normalized spacial score (nSPS) is 37.8. The molecule has 0 N–H and O–H groups in total. The number of likely N-dealkylation sites (tertiary alicyclic amines) is 1. The molecule has 1 saturated carbocycles. The van der Waals surface area contributed by atoms with E-state index in [1.807, 2.05) is 0 Å². The van der Waals surface area contributed by atoms with E-state index >= 15 is 0 Å². The number of nitrogens with zero attached hydrogens (tertiary/aromatic N) is 1. The number of piperidine rings is 1. The van der Waals surface area contributed by atoms with Gasteiger partial charge >= 0.3 is 0 Å². The minimum absolute atomic E-state index is 0. The van der Waals surface area contributed by atoms with Gasteiger partial charge in [-0.25, -0.2) is 0 Å². The van der Waals surface area contributed by atoms with Crippen LogP contribution in [0.25, 0.3) is 0 Å². The molecule has 2 atom stereocenters. The molecule has 2 rings (SSSR count). The van der Waals surface area contributed by atoms with Crippen molar-refractivity contribution in [1.29, 1.82) is 0 Å². The number of hydrogen-bond acceptors (Lipinski definition) is 1. The third kappa shape index (κ3) is 1.66. The van der Waals surface area contributed by atoms with Crippen molar-refractivity contribution in [2.75, 3.05) is 19.6 Å². The van der Waals surface area contributed by atoms with Crippen LogP contribution in [-0.2, 0) is 0 Å². The average molecular weight is 169 g/mol. The summed E-state index contributed by atoms with van der Waals surface area (Å²) in [5.74, 6) is 2.16. The van der Waals surface area contributed by atoms with Crippen molar-refractivity contribution in [3.05, 3.63) is 0 Å². The Hall–Kier alpha value is -0.0400. The molecule has 0 aromatic carbocycles. The monoisotopic (exact) mass is 169 g/mol. The lowest BCUT2D eigenvalue weighted by Crippen LogP contribution is -2.41. The second-order valence-electron chi connectivity index (χ2n) is 4.49. The van der Waals surface area contributed by atoms with Gasteiger partial charge in [-0.05, 0) is 37.8 Å². The minimum Gasteiger partial charge on any atom is -0.303 e. The summed E-state index contributed by atoms with van der Waals surface area (Å²) < 4.78 is 0. The SMILES string of the molecule is CCN1CC[C@@H]2CCCCC2C1.[HH]. The van der Waals surface area contributed by atoms with E-state index in [0.717, 1.165) is 11.8 Å². The lowest BCUT2D eigenvalue weighted by Gasteiger charge is -2.40. The van der Waals surface area contributed by atoms with Crippen molar-refractivity contribution < 1.29 is 1.43 Å². The van der Waals surface area contributed by atoms with Gasteiger partial charge in [-0.2, -0.15) is 0 Å². The standard InChI is InChI=1S/C11H21N.H2/c1-2-12-8-7-10-5-3-4-6-11(10)9-12;/h10-11H,2-9H2,1H3;1H/t10-,11?;/m0./s1. The van der Waals surface area contributed by atoms with Gasteiger partial charge in [0.25, 0.3) is 0 Å². The summed E-state index contributed by atoms with van der Waals surface area (Å²) in [7, 11) is 0.